The van der Waals surface area contributed by atoms with Gasteiger partial charge in [-0.2, -0.15) is 0 Å². The predicted octanol–water partition coefficient (Wildman–Crippen LogP) is 1.78. The van der Waals surface area contributed by atoms with Crippen LogP contribution in [0.1, 0.15) is 18.9 Å². The third-order valence-electron chi connectivity index (χ3n) is 1.81. The van der Waals surface area contributed by atoms with Crippen LogP contribution in [0.25, 0.3) is 5.70 Å². The Bertz CT molecular complexity index is 346. The molecule has 0 saturated carbocycles. The van der Waals surface area contributed by atoms with E-state index < -0.39 is 0 Å². The molecule has 0 aliphatic rings. The largest absolute Gasteiger partial charge is 0.375 e. The Morgan fingerprint density at radius 2 is 2.00 bits per heavy atom. The van der Waals surface area contributed by atoms with Gasteiger partial charge in [0.15, 0.2) is 5.11 Å². The SMILES string of the molecule is CC/C=C(\NNC(N)=S)c1ccccc1. The minimum absolute atomic E-state index is 0.230. The number of nitrogens with one attached hydrogen (secondary N) is 2. The molecule has 1 aromatic rings. The summed E-state index contributed by atoms with van der Waals surface area (Å²) in [6.07, 6.45) is 3.01. The highest BCUT2D eigenvalue weighted by Crippen LogP contribution is 2.10. The van der Waals surface area contributed by atoms with Crippen LogP contribution in [0.15, 0.2) is 36.4 Å². The quantitative estimate of drug-likeness (QED) is 0.536. The first kappa shape index (κ1) is 11.5. The van der Waals surface area contributed by atoms with E-state index in [4.69, 9.17) is 18.0 Å². The van der Waals surface area contributed by atoms with Crippen molar-refractivity contribution in [1.29, 1.82) is 0 Å². The standard InChI is InChI=1S/C11H15N3S/c1-2-6-10(13-14-11(12)15)9-7-4-3-5-8-9/h3-8,13H,2H2,1H3,(H3,12,14,15)/b10-6-. The van der Waals surface area contributed by atoms with Crippen LogP contribution < -0.4 is 16.6 Å². The maximum absolute atomic E-state index is 5.35. The summed E-state index contributed by atoms with van der Waals surface area (Å²) < 4.78 is 0. The van der Waals surface area contributed by atoms with Gasteiger partial charge in [0.25, 0.3) is 0 Å². The van der Waals surface area contributed by atoms with Gasteiger partial charge in [-0.05, 0) is 24.2 Å². The fourth-order valence-electron chi connectivity index (χ4n) is 1.19. The van der Waals surface area contributed by atoms with E-state index in [0.29, 0.717) is 0 Å². The van der Waals surface area contributed by atoms with Crippen molar-refractivity contribution in [3.63, 3.8) is 0 Å². The van der Waals surface area contributed by atoms with Crippen molar-refractivity contribution in [2.45, 2.75) is 13.3 Å². The average molecular weight is 221 g/mol. The first-order valence-corrected chi connectivity index (χ1v) is 5.22. The zero-order valence-electron chi connectivity index (χ0n) is 8.66. The van der Waals surface area contributed by atoms with E-state index in [1.54, 1.807) is 0 Å². The normalized spacial score (nSPS) is 10.9. The second kappa shape index (κ2) is 6.03. The molecule has 15 heavy (non-hydrogen) atoms. The number of nitrogens with two attached hydrogens (primary N) is 1. The minimum atomic E-state index is 0.230. The van der Waals surface area contributed by atoms with E-state index >= 15 is 0 Å². The van der Waals surface area contributed by atoms with Crippen LogP contribution in [0.3, 0.4) is 0 Å². The van der Waals surface area contributed by atoms with E-state index in [0.717, 1.165) is 17.7 Å². The lowest BCUT2D eigenvalue weighted by atomic mass is 10.1. The number of hydrazine groups is 1. The van der Waals surface area contributed by atoms with Crippen LogP contribution in [-0.2, 0) is 0 Å². The molecule has 4 heteroatoms. The Balaban J connectivity index is 2.75. The van der Waals surface area contributed by atoms with Crippen molar-refractivity contribution in [2.24, 2.45) is 5.73 Å². The van der Waals surface area contributed by atoms with Crippen molar-refractivity contribution >= 4 is 23.0 Å². The number of benzene rings is 1. The summed E-state index contributed by atoms with van der Waals surface area (Å²) in [6.45, 7) is 2.07. The van der Waals surface area contributed by atoms with Crippen molar-refractivity contribution in [2.75, 3.05) is 0 Å². The number of rotatable bonds is 4. The van der Waals surface area contributed by atoms with Crippen molar-refractivity contribution in [3.05, 3.63) is 42.0 Å². The highest BCUT2D eigenvalue weighted by Gasteiger charge is 1.98. The van der Waals surface area contributed by atoms with Crippen molar-refractivity contribution in [3.8, 4) is 0 Å². The molecular weight excluding hydrogens is 206 g/mol. The Kier molecular flexibility index (Phi) is 4.63. The molecule has 0 saturated heterocycles. The molecule has 0 unspecified atom stereocenters. The van der Waals surface area contributed by atoms with Gasteiger partial charge in [0.1, 0.15) is 0 Å². The number of thiocarbonyl (C=S) groups is 1. The molecule has 0 bridgehead atoms. The smallest absolute Gasteiger partial charge is 0.182 e. The maximum atomic E-state index is 5.35. The molecule has 0 aliphatic carbocycles. The Morgan fingerprint density at radius 3 is 2.53 bits per heavy atom. The maximum Gasteiger partial charge on any atom is 0.182 e. The second-order valence-corrected chi connectivity index (χ2v) is 3.45. The summed E-state index contributed by atoms with van der Waals surface area (Å²) >= 11 is 4.72. The Labute approximate surface area is 95.3 Å². The van der Waals surface area contributed by atoms with Gasteiger partial charge in [-0.1, -0.05) is 43.3 Å². The van der Waals surface area contributed by atoms with Crippen LogP contribution in [-0.4, -0.2) is 5.11 Å². The van der Waals surface area contributed by atoms with Crippen LogP contribution in [0, 0.1) is 0 Å². The molecule has 1 aromatic carbocycles. The molecule has 1 rings (SSSR count). The molecule has 0 fully saturated rings. The van der Waals surface area contributed by atoms with E-state index in [9.17, 15) is 0 Å². The van der Waals surface area contributed by atoms with Crippen LogP contribution >= 0.6 is 12.2 Å². The highest BCUT2D eigenvalue weighted by molar-refractivity contribution is 7.80. The third-order valence-corrected chi connectivity index (χ3v) is 1.92. The van der Waals surface area contributed by atoms with Gasteiger partial charge in [0.2, 0.25) is 0 Å². The molecule has 0 heterocycles. The second-order valence-electron chi connectivity index (χ2n) is 3.01. The number of hydrogen-bond donors (Lipinski definition) is 3. The summed E-state index contributed by atoms with van der Waals surface area (Å²) in [5.41, 5.74) is 13.1. The van der Waals surface area contributed by atoms with Gasteiger partial charge in [0.05, 0.1) is 5.70 Å². The molecule has 0 spiro atoms. The summed E-state index contributed by atoms with van der Waals surface area (Å²) in [5.74, 6) is 0. The first-order valence-electron chi connectivity index (χ1n) is 4.81. The molecular formula is C11H15N3S. The van der Waals surface area contributed by atoms with Crippen molar-refractivity contribution in [1.82, 2.24) is 10.9 Å². The third kappa shape index (κ3) is 3.99. The molecule has 80 valence electrons. The lowest BCUT2D eigenvalue weighted by Gasteiger charge is -2.12. The molecule has 0 atom stereocenters. The van der Waals surface area contributed by atoms with Crippen LogP contribution in [0.4, 0.5) is 0 Å². The van der Waals surface area contributed by atoms with Crippen LogP contribution in [0.2, 0.25) is 0 Å². The van der Waals surface area contributed by atoms with Gasteiger partial charge in [-0.25, -0.2) is 0 Å². The monoisotopic (exact) mass is 221 g/mol. The zero-order valence-corrected chi connectivity index (χ0v) is 9.47. The summed E-state index contributed by atoms with van der Waals surface area (Å²) in [6, 6.07) is 10.0. The fourth-order valence-corrected chi connectivity index (χ4v) is 1.24. The first-order chi connectivity index (χ1) is 7.24. The van der Waals surface area contributed by atoms with Gasteiger partial charge in [-0.15, -0.1) is 0 Å². The van der Waals surface area contributed by atoms with E-state index in [1.165, 1.54) is 0 Å². The molecule has 0 amide bonds. The number of allylic oxidation sites excluding steroid dienone is 1. The van der Waals surface area contributed by atoms with Crippen LogP contribution in [0.5, 0.6) is 0 Å². The average Bonchev–Trinajstić information content (AvgIpc) is 2.25. The van der Waals surface area contributed by atoms with Crippen molar-refractivity contribution < 1.29 is 0 Å². The van der Waals surface area contributed by atoms with E-state index in [1.807, 2.05) is 30.3 Å². The molecule has 4 N–H and O–H groups in total. The topological polar surface area (TPSA) is 50.1 Å². The summed E-state index contributed by atoms with van der Waals surface area (Å²) in [4.78, 5) is 0. The molecule has 0 aromatic heterocycles. The molecule has 0 radical (unpaired) electrons. The summed E-state index contributed by atoms with van der Waals surface area (Å²) in [5, 5.41) is 0.230. The van der Waals surface area contributed by atoms with E-state index in [-0.39, 0.29) is 5.11 Å². The molecule has 0 aliphatic heterocycles. The summed E-state index contributed by atoms with van der Waals surface area (Å²) in [7, 11) is 0. The van der Waals surface area contributed by atoms with Gasteiger partial charge in [-0.3, -0.25) is 10.9 Å². The lowest BCUT2D eigenvalue weighted by molar-refractivity contribution is 0.840. The van der Waals surface area contributed by atoms with E-state index in [2.05, 4.69) is 23.9 Å². The lowest BCUT2D eigenvalue weighted by Crippen LogP contribution is -2.39. The number of hydrogen-bond acceptors (Lipinski definition) is 2. The van der Waals surface area contributed by atoms with Gasteiger partial charge < -0.3 is 5.73 Å². The minimum Gasteiger partial charge on any atom is -0.375 e. The zero-order chi connectivity index (χ0) is 11.1. The predicted molar refractivity (Wildman–Crippen MR) is 67.8 cm³/mol. The Hall–Kier alpha value is -1.55. The highest BCUT2D eigenvalue weighted by atomic mass is 32.1. The fraction of sp³-hybridized carbons (Fsp3) is 0.182. The Morgan fingerprint density at radius 1 is 1.33 bits per heavy atom. The molecule has 3 nitrogen and oxygen atoms in total. The van der Waals surface area contributed by atoms with Gasteiger partial charge in [0, 0.05) is 0 Å². The van der Waals surface area contributed by atoms with Gasteiger partial charge >= 0.3 is 0 Å².